The maximum atomic E-state index is 13.5. The zero-order chi connectivity index (χ0) is 23.9. The number of thioether (sulfide) groups is 1. The first kappa shape index (κ1) is 22.6. The van der Waals surface area contributed by atoms with Gasteiger partial charge in [-0.25, -0.2) is 9.69 Å². The Hall–Kier alpha value is -3.60. The van der Waals surface area contributed by atoms with E-state index >= 15 is 0 Å². The number of hydrogen-bond acceptors (Lipinski definition) is 8. The van der Waals surface area contributed by atoms with Crippen LogP contribution >= 0.6 is 11.8 Å². The second-order valence-electron chi connectivity index (χ2n) is 7.58. The summed E-state index contributed by atoms with van der Waals surface area (Å²) in [6.45, 7) is 0. The lowest BCUT2D eigenvalue weighted by atomic mass is 9.92. The van der Waals surface area contributed by atoms with Crippen LogP contribution in [0.25, 0.3) is 0 Å². The Labute approximate surface area is 193 Å². The third-order valence-corrected chi connectivity index (χ3v) is 6.69. The Morgan fingerprint density at radius 1 is 1.18 bits per heavy atom. The summed E-state index contributed by atoms with van der Waals surface area (Å²) in [5, 5.41) is 11.5. The molecule has 2 saturated heterocycles. The van der Waals surface area contributed by atoms with Gasteiger partial charge in [-0.05, 0) is 42.5 Å². The van der Waals surface area contributed by atoms with Gasteiger partial charge in [-0.2, -0.15) is 0 Å². The van der Waals surface area contributed by atoms with Crippen LogP contribution in [0.3, 0.4) is 0 Å². The van der Waals surface area contributed by atoms with Gasteiger partial charge in [0.15, 0.2) is 5.75 Å². The summed E-state index contributed by atoms with van der Waals surface area (Å²) in [6.07, 6.45) is 1.94. The molecule has 3 amide bonds. The highest BCUT2D eigenvalue weighted by molar-refractivity contribution is 7.98. The fourth-order valence-corrected chi connectivity index (χ4v) is 4.95. The van der Waals surface area contributed by atoms with Gasteiger partial charge in [-0.1, -0.05) is 12.1 Å². The first-order valence-electron chi connectivity index (χ1n) is 10.0. The topological polar surface area (TPSA) is 119 Å². The van der Waals surface area contributed by atoms with Crippen molar-refractivity contribution in [2.45, 2.75) is 23.4 Å². The molecular weight excluding hydrogens is 450 g/mol. The minimum absolute atomic E-state index is 0.0484. The normalized spacial score (nSPS) is 21.8. The second kappa shape index (κ2) is 8.74. The zero-order valence-electron chi connectivity index (χ0n) is 18.1. The van der Waals surface area contributed by atoms with Crippen LogP contribution in [-0.4, -0.2) is 54.2 Å². The molecule has 0 aliphatic carbocycles. The summed E-state index contributed by atoms with van der Waals surface area (Å²) < 4.78 is 9.99. The lowest BCUT2D eigenvalue weighted by Crippen LogP contribution is -2.37. The Kier molecular flexibility index (Phi) is 5.98. The predicted molar refractivity (Wildman–Crippen MR) is 119 cm³/mol. The first-order chi connectivity index (χ1) is 15.8. The predicted octanol–water partition coefficient (Wildman–Crippen LogP) is 3.40. The number of rotatable bonds is 6. The minimum atomic E-state index is -0.905. The quantitative estimate of drug-likeness (QED) is 0.207. The molecular formula is C22H21N3O7S. The largest absolute Gasteiger partial charge is 0.490 e. The van der Waals surface area contributed by atoms with E-state index in [0.29, 0.717) is 11.3 Å². The van der Waals surface area contributed by atoms with Crippen LogP contribution in [0.4, 0.5) is 16.2 Å². The Bertz CT molecular complexity index is 1150. The van der Waals surface area contributed by atoms with Crippen molar-refractivity contribution in [2.24, 2.45) is 5.92 Å². The van der Waals surface area contributed by atoms with Crippen molar-refractivity contribution in [3.05, 3.63) is 58.1 Å². The molecule has 3 unspecified atom stereocenters. The summed E-state index contributed by atoms with van der Waals surface area (Å²) >= 11 is 1.48. The molecule has 11 heteroatoms. The van der Waals surface area contributed by atoms with Crippen molar-refractivity contribution in [3.63, 3.8) is 0 Å². The monoisotopic (exact) mass is 471 g/mol. The number of esters is 1. The average Bonchev–Trinajstić information content (AvgIpc) is 3.34. The number of anilines is 1. The minimum Gasteiger partial charge on any atom is -0.490 e. The van der Waals surface area contributed by atoms with Gasteiger partial charge in [0.05, 0.1) is 36.8 Å². The Balaban J connectivity index is 1.79. The summed E-state index contributed by atoms with van der Waals surface area (Å²) in [7, 11) is 2.54. The van der Waals surface area contributed by atoms with Crippen molar-refractivity contribution in [1.82, 2.24) is 4.90 Å². The maximum Gasteiger partial charge on any atom is 0.332 e. The van der Waals surface area contributed by atoms with E-state index in [2.05, 4.69) is 0 Å². The van der Waals surface area contributed by atoms with Crippen LogP contribution in [0.1, 0.15) is 18.0 Å². The zero-order valence-corrected chi connectivity index (χ0v) is 18.9. The van der Waals surface area contributed by atoms with Crippen LogP contribution in [0.5, 0.6) is 5.75 Å². The third kappa shape index (κ3) is 3.67. The molecule has 0 radical (unpaired) electrons. The van der Waals surface area contributed by atoms with Gasteiger partial charge in [-0.3, -0.25) is 19.7 Å². The number of ether oxygens (including phenoxy) is 2. The van der Waals surface area contributed by atoms with E-state index in [1.807, 2.05) is 12.3 Å². The number of carbonyl (C=O) groups excluding carboxylic acids is 3. The molecule has 2 aliphatic heterocycles. The molecule has 0 N–H and O–H groups in total. The van der Waals surface area contributed by atoms with Gasteiger partial charge >= 0.3 is 17.7 Å². The lowest BCUT2D eigenvalue weighted by Gasteiger charge is -2.27. The highest BCUT2D eigenvalue weighted by Crippen LogP contribution is 2.48. The fourth-order valence-electron chi connectivity index (χ4n) is 4.49. The van der Waals surface area contributed by atoms with Crippen LogP contribution in [-0.2, 0) is 14.3 Å². The number of nitrogens with zero attached hydrogens (tertiary/aromatic N) is 3. The number of benzene rings is 2. The molecule has 33 heavy (non-hydrogen) atoms. The second-order valence-corrected chi connectivity index (χ2v) is 8.46. The number of nitro groups is 1. The van der Waals surface area contributed by atoms with Gasteiger partial charge in [0.2, 0.25) is 0 Å². The molecule has 3 atom stereocenters. The van der Waals surface area contributed by atoms with Crippen molar-refractivity contribution in [3.8, 4) is 5.75 Å². The third-order valence-electron chi connectivity index (χ3n) is 5.97. The molecule has 2 heterocycles. The number of urea groups is 1. The smallest absolute Gasteiger partial charge is 0.332 e. The molecule has 0 spiro atoms. The van der Waals surface area contributed by atoms with E-state index < -0.39 is 40.8 Å². The van der Waals surface area contributed by atoms with E-state index in [9.17, 15) is 24.5 Å². The van der Waals surface area contributed by atoms with Crippen LogP contribution in [0, 0.1) is 16.0 Å². The van der Waals surface area contributed by atoms with Gasteiger partial charge in [-0.15, -0.1) is 11.8 Å². The van der Waals surface area contributed by atoms with Gasteiger partial charge in [0.25, 0.3) is 5.91 Å². The summed E-state index contributed by atoms with van der Waals surface area (Å²) in [5.74, 6) is -1.84. The highest BCUT2D eigenvalue weighted by Gasteiger charge is 2.58. The van der Waals surface area contributed by atoms with Crippen molar-refractivity contribution in [2.75, 3.05) is 25.4 Å². The molecule has 4 rings (SSSR count). The van der Waals surface area contributed by atoms with Crippen molar-refractivity contribution >= 4 is 41.0 Å². The summed E-state index contributed by atoms with van der Waals surface area (Å²) in [5.41, 5.74) is 0.478. The fraction of sp³-hybridized carbons (Fsp3) is 0.318. The van der Waals surface area contributed by atoms with E-state index in [1.54, 1.807) is 24.3 Å². The highest BCUT2D eigenvalue weighted by atomic mass is 32.2. The average molecular weight is 471 g/mol. The van der Waals surface area contributed by atoms with Crippen molar-refractivity contribution in [1.29, 1.82) is 0 Å². The summed E-state index contributed by atoms with van der Waals surface area (Å²) in [4.78, 5) is 53.6. The van der Waals surface area contributed by atoms with Crippen LogP contribution in [0.2, 0.25) is 0 Å². The van der Waals surface area contributed by atoms with E-state index in [1.165, 1.54) is 43.0 Å². The molecule has 2 aliphatic rings. The van der Waals surface area contributed by atoms with E-state index in [0.717, 1.165) is 9.80 Å². The number of amides is 3. The number of fused-ring (bicyclic) bond motifs is 1. The molecule has 0 bridgehead atoms. The van der Waals surface area contributed by atoms with Gasteiger partial charge in [0.1, 0.15) is 6.04 Å². The molecule has 2 aromatic rings. The Morgan fingerprint density at radius 3 is 2.58 bits per heavy atom. The van der Waals surface area contributed by atoms with Gasteiger partial charge in [0, 0.05) is 11.0 Å². The lowest BCUT2D eigenvalue weighted by molar-refractivity contribution is -0.385. The molecule has 0 saturated carbocycles. The van der Waals surface area contributed by atoms with Crippen LogP contribution in [0.15, 0.2) is 47.4 Å². The maximum absolute atomic E-state index is 13.5. The standard InChI is InChI=1S/C22H21N3O7S/c1-31-18-8-7-12(9-16(18)25(29)30)19-15(21(27)32-2)11-17-20(26)23(22(28)24(17)19)13-5-4-6-14(10-13)33-3/h4-10,15,17,19H,11H2,1-3H3. The summed E-state index contributed by atoms with van der Waals surface area (Å²) in [6, 6.07) is 8.91. The molecule has 172 valence electrons. The van der Waals surface area contributed by atoms with E-state index in [-0.39, 0.29) is 17.9 Å². The number of nitro benzene ring substituents is 1. The molecule has 10 nitrogen and oxygen atoms in total. The molecule has 2 aromatic carbocycles. The number of carbonyl (C=O) groups is 3. The van der Waals surface area contributed by atoms with Crippen molar-refractivity contribution < 1.29 is 28.8 Å². The molecule has 0 aromatic heterocycles. The Morgan fingerprint density at radius 2 is 1.94 bits per heavy atom. The van der Waals surface area contributed by atoms with E-state index in [4.69, 9.17) is 9.47 Å². The first-order valence-corrected chi connectivity index (χ1v) is 11.2. The SMILES string of the molecule is COC(=O)C1CC2C(=O)N(c3cccc(SC)c3)C(=O)N2C1c1ccc(OC)c([N+](=O)[O-])c1. The number of hydrogen-bond donors (Lipinski definition) is 0. The van der Waals surface area contributed by atoms with Gasteiger partial charge < -0.3 is 14.4 Å². The molecule has 2 fully saturated rings. The number of imide groups is 1. The van der Waals surface area contributed by atoms with Crippen LogP contribution < -0.4 is 9.64 Å². The number of methoxy groups -OCH3 is 2.